The van der Waals surface area contributed by atoms with Gasteiger partial charge in [-0.1, -0.05) is 6.07 Å². The molecule has 0 unspecified atom stereocenters. The molecule has 5 nitrogen and oxygen atoms in total. The van der Waals surface area contributed by atoms with Gasteiger partial charge in [-0.25, -0.2) is 0 Å². The van der Waals surface area contributed by atoms with E-state index in [2.05, 4.69) is 0 Å². The molecule has 0 amide bonds. The Morgan fingerprint density at radius 3 is 2.56 bits per heavy atom. The van der Waals surface area contributed by atoms with Crippen LogP contribution in [0.5, 0.6) is 0 Å². The molecule has 0 atom stereocenters. The van der Waals surface area contributed by atoms with Gasteiger partial charge in [-0.15, -0.1) is 0 Å². The molecule has 0 aliphatic heterocycles. The third-order valence-corrected chi connectivity index (χ3v) is 1.98. The number of halogens is 1. The first kappa shape index (κ1) is 14.1. The van der Waals surface area contributed by atoms with E-state index >= 15 is 0 Å². The number of esters is 1. The van der Waals surface area contributed by atoms with Crippen LogP contribution < -0.4 is 0 Å². The lowest BCUT2D eigenvalue weighted by Gasteiger charge is -2.19. The van der Waals surface area contributed by atoms with E-state index in [1.54, 1.807) is 20.8 Å². The van der Waals surface area contributed by atoms with Crippen molar-refractivity contribution >= 4 is 11.7 Å². The Morgan fingerprint density at radius 2 is 2.06 bits per heavy atom. The topological polar surface area (TPSA) is 69.4 Å². The fourth-order valence-corrected chi connectivity index (χ4v) is 1.35. The molecule has 0 bridgehead atoms. The Kier molecular flexibility index (Phi) is 4.00. The first-order chi connectivity index (χ1) is 8.19. The molecular weight excluding hydrogens is 241 g/mol. The van der Waals surface area contributed by atoms with Crippen LogP contribution in [0.15, 0.2) is 18.2 Å². The fourth-order valence-electron chi connectivity index (χ4n) is 1.35. The fraction of sp³-hybridized carbons (Fsp3) is 0.417. The highest BCUT2D eigenvalue weighted by molar-refractivity contribution is 5.73. The van der Waals surface area contributed by atoms with Gasteiger partial charge in [0.05, 0.1) is 11.3 Å². The first-order valence-electron chi connectivity index (χ1n) is 5.34. The number of nitrogens with zero attached hydrogens (tertiary/aromatic N) is 1. The van der Waals surface area contributed by atoms with Gasteiger partial charge in [-0.2, -0.15) is 4.39 Å². The normalized spacial score (nSPS) is 11.1. The molecule has 0 saturated carbocycles. The van der Waals surface area contributed by atoms with E-state index in [0.29, 0.717) is 5.56 Å². The summed E-state index contributed by atoms with van der Waals surface area (Å²) in [5, 5.41) is 10.5. The van der Waals surface area contributed by atoms with Crippen LogP contribution in [0.1, 0.15) is 26.3 Å². The van der Waals surface area contributed by atoms with Gasteiger partial charge < -0.3 is 4.74 Å². The SMILES string of the molecule is CC(C)(C)OC(=O)Cc1ccc(F)c([N+](=O)[O-])c1. The van der Waals surface area contributed by atoms with Crippen molar-refractivity contribution in [3.8, 4) is 0 Å². The van der Waals surface area contributed by atoms with Crippen molar-refractivity contribution in [3.63, 3.8) is 0 Å². The molecular formula is C12H14FNO4. The lowest BCUT2D eigenvalue weighted by atomic mass is 10.1. The summed E-state index contributed by atoms with van der Waals surface area (Å²) in [4.78, 5) is 21.2. The van der Waals surface area contributed by atoms with Gasteiger partial charge in [0.1, 0.15) is 5.60 Å². The molecule has 0 heterocycles. The second kappa shape index (κ2) is 5.12. The number of carbonyl (C=O) groups is 1. The van der Waals surface area contributed by atoms with Crippen molar-refractivity contribution in [1.29, 1.82) is 0 Å². The third kappa shape index (κ3) is 4.12. The molecule has 0 aliphatic carbocycles. The monoisotopic (exact) mass is 255 g/mol. The molecule has 0 aromatic heterocycles. The molecule has 0 saturated heterocycles. The average molecular weight is 255 g/mol. The number of nitro benzene ring substituents is 1. The van der Waals surface area contributed by atoms with Gasteiger partial charge in [-0.3, -0.25) is 14.9 Å². The van der Waals surface area contributed by atoms with Crippen LogP contribution in [0.25, 0.3) is 0 Å². The molecule has 0 aliphatic rings. The Hall–Kier alpha value is -1.98. The van der Waals surface area contributed by atoms with Crippen molar-refractivity contribution < 1.29 is 18.8 Å². The molecule has 18 heavy (non-hydrogen) atoms. The van der Waals surface area contributed by atoms with E-state index in [1.807, 2.05) is 0 Å². The molecule has 1 aromatic rings. The lowest BCUT2D eigenvalue weighted by Crippen LogP contribution is -2.24. The number of benzene rings is 1. The third-order valence-electron chi connectivity index (χ3n) is 1.98. The molecule has 0 radical (unpaired) electrons. The largest absolute Gasteiger partial charge is 0.460 e. The predicted octanol–water partition coefficient (Wildman–Crippen LogP) is 2.62. The van der Waals surface area contributed by atoms with Gasteiger partial charge in [0.25, 0.3) is 0 Å². The van der Waals surface area contributed by atoms with Gasteiger partial charge in [-0.05, 0) is 32.4 Å². The standard InChI is InChI=1S/C12H14FNO4/c1-12(2,3)18-11(15)7-8-4-5-9(13)10(6-8)14(16)17/h4-6H,7H2,1-3H3. The Labute approximate surface area is 104 Å². The molecule has 0 fully saturated rings. The van der Waals surface area contributed by atoms with Gasteiger partial charge in [0.2, 0.25) is 5.82 Å². The Morgan fingerprint density at radius 1 is 1.44 bits per heavy atom. The van der Waals surface area contributed by atoms with E-state index in [0.717, 1.165) is 12.1 Å². The lowest BCUT2D eigenvalue weighted by molar-refractivity contribution is -0.387. The summed E-state index contributed by atoms with van der Waals surface area (Å²) in [6.07, 6.45) is -0.127. The zero-order valence-corrected chi connectivity index (χ0v) is 10.4. The highest BCUT2D eigenvalue weighted by atomic mass is 19.1. The maximum absolute atomic E-state index is 13.1. The zero-order chi connectivity index (χ0) is 13.9. The van der Waals surface area contributed by atoms with E-state index < -0.39 is 28.0 Å². The van der Waals surface area contributed by atoms with Gasteiger partial charge in [0, 0.05) is 6.07 Å². The first-order valence-corrected chi connectivity index (χ1v) is 5.34. The van der Waals surface area contributed by atoms with Crippen LogP contribution in [-0.2, 0) is 16.0 Å². The summed E-state index contributed by atoms with van der Waals surface area (Å²) < 4.78 is 18.1. The molecule has 6 heteroatoms. The molecule has 0 N–H and O–H groups in total. The van der Waals surface area contributed by atoms with E-state index in [-0.39, 0.29) is 6.42 Å². The zero-order valence-electron chi connectivity index (χ0n) is 10.4. The quantitative estimate of drug-likeness (QED) is 0.473. The smallest absolute Gasteiger partial charge is 0.310 e. The van der Waals surface area contributed by atoms with E-state index in [9.17, 15) is 19.3 Å². The second-order valence-electron chi connectivity index (χ2n) is 4.81. The molecule has 1 aromatic carbocycles. The summed E-state index contributed by atoms with van der Waals surface area (Å²) in [5.74, 6) is -1.43. The molecule has 98 valence electrons. The molecule has 1 rings (SSSR count). The van der Waals surface area contributed by atoms with E-state index in [4.69, 9.17) is 4.74 Å². The van der Waals surface area contributed by atoms with Crippen molar-refractivity contribution in [2.24, 2.45) is 0 Å². The number of hydrogen-bond donors (Lipinski definition) is 0. The van der Waals surface area contributed by atoms with Crippen LogP contribution in [0, 0.1) is 15.9 Å². The number of hydrogen-bond acceptors (Lipinski definition) is 4. The Balaban J connectivity index is 2.83. The summed E-state index contributed by atoms with van der Waals surface area (Å²) in [5.41, 5.74) is -0.920. The van der Waals surface area contributed by atoms with Crippen LogP contribution in [0.3, 0.4) is 0 Å². The van der Waals surface area contributed by atoms with Crippen LogP contribution >= 0.6 is 0 Å². The van der Waals surface area contributed by atoms with Crippen molar-refractivity contribution in [3.05, 3.63) is 39.7 Å². The highest BCUT2D eigenvalue weighted by Gasteiger charge is 2.19. The van der Waals surface area contributed by atoms with E-state index in [1.165, 1.54) is 6.07 Å². The number of nitro groups is 1. The summed E-state index contributed by atoms with van der Waals surface area (Å²) in [6.45, 7) is 5.16. The minimum absolute atomic E-state index is 0.127. The van der Waals surface area contributed by atoms with Crippen LogP contribution in [0.4, 0.5) is 10.1 Å². The summed E-state index contributed by atoms with van der Waals surface area (Å²) >= 11 is 0. The minimum atomic E-state index is -0.923. The van der Waals surface area contributed by atoms with Crippen LogP contribution in [-0.4, -0.2) is 16.5 Å². The van der Waals surface area contributed by atoms with Crippen molar-refractivity contribution in [2.75, 3.05) is 0 Å². The highest BCUT2D eigenvalue weighted by Crippen LogP contribution is 2.19. The maximum Gasteiger partial charge on any atom is 0.310 e. The van der Waals surface area contributed by atoms with Gasteiger partial charge in [0.15, 0.2) is 0 Å². The number of rotatable bonds is 3. The van der Waals surface area contributed by atoms with Crippen molar-refractivity contribution in [1.82, 2.24) is 0 Å². The number of carbonyl (C=O) groups excluding carboxylic acids is 1. The molecule has 0 spiro atoms. The van der Waals surface area contributed by atoms with Crippen molar-refractivity contribution in [2.45, 2.75) is 32.8 Å². The summed E-state index contributed by atoms with van der Waals surface area (Å²) in [7, 11) is 0. The van der Waals surface area contributed by atoms with Gasteiger partial charge >= 0.3 is 11.7 Å². The second-order valence-corrected chi connectivity index (χ2v) is 4.81. The Bertz CT molecular complexity index is 479. The summed E-state index contributed by atoms with van der Waals surface area (Å²) in [6, 6.07) is 3.34. The maximum atomic E-state index is 13.1. The van der Waals surface area contributed by atoms with Crippen LogP contribution in [0.2, 0.25) is 0 Å². The predicted molar refractivity (Wildman–Crippen MR) is 62.6 cm³/mol. The minimum Gasteiger partial charge on any atom is -0.460 e. The number of ether oxygens (including phenoxy) is 1. The average Bonchev–Trinajstić information content (AvgIpc) is 2.17.